The average Bonchev–Trinajstić information content (AvgIpc) is 2.90. The number of nitrogens with one attached hydrogen (secondary N) is 1. The van der Waals surface area contributed by atoms with Crippen LogP contribution in [0.15, 0.2) is 0 Å². The molecule has 0 saturated heterocycles. The Labute approximate surface area is 133 Å². The van der Waals surface area contributed by atoms with E-state index in [1.807, 2.05) is 0 Å². The average molecular weight is 294 g/mol. The molecule has 0 aromatic rings. The predicted molar refractivity (Wildman–Crippen MR) is 93.6 cm³/mol. The van der Waals surface area contributed by atoms with Crippen LogP contribution in [0.5, 0.6) is 0 Å². The van der Waals surface area contributed by atoms with Crippen molar-refractivity contribution in [2.24, 2.45) is 23.7 Å². The molecule has 1 heteroatoms. The van der Waals surface area contributed by atoms with Gasteiger partial charge in [0.2, 0.25) is 0 Å². The summed E-state index contributed by atoms with van der Waals surface area (Å²) in [5.41, 5.74) is 0.276. The lowest BCUT2D eigenvalue weighted by atomic mass is 9.69. The molecule has 1 N–H and O–H groups in total. The Kier molecular flexibility index (Phi) is 6.59. The Morgan fingerprint density at radius 1 is 0.905 bits per heavy atom. The van der Waals surface area contributed by atoms with Crippen LogP contribution in [0.25, 0.3) is 0 Å². The van der Waals surface area contributed by atoms with E-state index < -0.39 is 0 Å². The summed E-state index contributed by atoms with van der Waals surface area (Å²) in [6.45, 7) is 10.5. The summed E-state index contributed by atoms with van der Waals surface area (Å²) < 4.78 is 0. The van der Waals surface area contributed by atoms with Gasteiger partial charge in [-0.05, 0) is 70.3 Å². The van der Waals surface area contributed by atoms with Crippen LogP contribution in [0.2, 0.25) is 0 Å². The van der Waals surface area contributed by atoms with Crippen molar-refractivity contribution in [3.63, 3.8) is 0 Å². The molecule has 124 valence electrons. The van der Waals surface area contributed by atoms with Crippen LogP contribution in [0.3, 0.4) is 0 Å². The van der Waals surface area contributed by atoms with Gasteiger partial charge in [0.05, 0.1) is 0 Å². The molecule has 1 nitrogen and oxygen atoms in total. The highest BCUT2D eigenvalue weighted by Crippen LogP contribution is 2.42. The molecule has 0 radical (unpaired) electrons. The minimum atomic E-state index is 0.276. The van der Waals surface area contributed by atoms with E-state index in [0.717, 1.165) is 23.7 Å². The fourth-order valence-corrected chi connectivity index (χ4v) is 4.76. The first-order chi connectivity index (χ1) is 9.98. The van der Waals surface area contributed by atoms with E-state index in [0.29, 0.717) is 0 Å². The van der Waals surface area contributed by atoms with Crippen LogP contribution >= 0.6 is 0 Å². The lowest BCUT2D eigenvalue weighted by molar-refractivity contribution is 0.136. The fraction of sp³-hybridized carbons (Fsp3) is 1.00. The minimum Gasteiger partial charge on any atom is -0.312 e. The van der Waals surface area contributed by atoms with Gasteiger partial charge in [0.1, 0.15) is 0 Å². The lowest BCUT2D eigenvalue weighted by Crippen LogP contribution is -2.42. The maximum Gasteiger partial charge on any atom is 0.00966 e. The molecule has 0 aromatic carbocycles. The monoisotopic (exact) mass is 293 g/mol. The molecule has 0 amide bonds. The van der Waals surface area contributed by atoms with E-state index in [1.54, 1.807) is 0 Å². The quantitative estimate of drug-likeness (QED) is 0.654. The molecule has 0 aliphatic heterocycles. The van der Waals surface area contributed by atoms with Crippen molar-refractivity contribution in [2.45, 2.75) is 97.4 Å². The van der Waals surface area contributed by atoms with Gasteiger partial charge in [-0.25, -0.2) is 0 Å². The summed E-state index contributed by atoms with van der Waals surface area (Å²) in [6.07, 6.45) is 14.9. The molecular weight excluding hydrogens is 254 g/mol. The van der Waals surface area contributed by atoms with E-state index in [4.69, 9.17) is 0 Å². The zero-order valence-electron chi connectivity index (χ0n) is 15.1. The van der Waals surface area contributed by atoms with Crippen LogP contribution in [0, 0.1) is 23.7 Å². The van der Waals surface area contributed by atoms with Gasteiger partial charge in [-0.2, -0.15) is 0 Å². The third-order valence-corrected chi connectivity index (χ3v) is 5.95. The van der Waals surface area contributed by atoms with Crippen molar-refractivity contribution < 1.29 is 0 Å². The zero-order chi connectivity index (χ0) is 15.3. The first kappa shape index (κ1) is 17.3. The van der Waals surface area contributed by atoms with Crippen molar-refractivity contribution in [3.05, 3.63) is 0 Å². The number of rotatable bonds is 6. The summed E-state index contributed by atoms with van der Waals surface area (Å²) in [5.74, 6) is 4.05. The number of hydrogen-bond donors (Lipinski definition) is 1. The third kappa shape index (κ3) is 5.93. The summed E-state index contributed by atoms with van der Waals surface area (Å²) in [4.78, 5) is 0. The molecule has 2 saturated carbocycles. The van der Waals surface area contributed by atoms with E-state index in [9.17, 15) is 0 Å². The maximum atomic E-state index is 3.79. The van der Waals surface area contributed by atoms with Crippen LogP contribution in [0.4, 0.5) is 0 Å². The topological polar surface area (TPSA) is 12.0 Å². The van der Waals surface area contributed by atoms with Gasteiger partial charge in [0.25, 0.3) is 0 Å². The molecule has 3 atom stereocenters. The normalized spacial score (nSPS) is 31.7. The molecule has 2 fully saturated rings. The fourth-order valence-electron chi connectivity index (χ4n) is 4.76. The highest BCUT2D eigenvalue weighted by atomic mass is 14.9. The van der Waals surface area contributed by atoms with Crippen molar-refractivity contribution in [1.29, 1.82) is 0 Å². The molecule has 0 bridgehead atoms. The van der Waals surface area contributed by atoms with Gasteiger partial charge in [-0.3, -0.25) is 0 Å². The van der Waals surface area contributed by atoms with E-state index >= 15 is 0 Å². The Morgan fingerprint density at radius 3 is 2.24 bits per heavy atom. The largest absolute Gasteiger partial charge is 0.312 e. The second-order valence-electron chi connectivity index (χ2n) is 9.00. The summed E-state index contributed by atoms with van der Waals surface area (Å²) >= 11 is 0. The predicted octanol–water partition coefficient (Wildman–Crippen LogP) is 5.79. The lowest BCUT2D eigenvalue weighted by Gasteiger charge is -2.39. The highest BCUT2D eigenvalue weighted by molar-refractivity contribution is 4.85. The van der Waals surface area contributed by atoms with E-state index in [2.05, 4.69) is 33.0 Å². The van der Waals surface area contributed by atoms with Crippen molar-refractivity contribution >= 4 is 0 Å². The molecule has 0 spiro atoms. The molecule has 2 aliphatic carbocycles. The molecule has 2 rings (SSSR count). The standard InChI is InChI=1S/C20H39N/c1-5-8-16-11-12-18(15-21-20(2,3)4)19(13-16)14-17-9-6-7-10-17/h16-19,21H,5-15H2,1-4H3. The van der Waals surface area contributed by atoms with Crippen molar-refractivity contribution in [1.82, 2.24) is 5.32 Å². The Morgan fingerprint density at radius 2 is 1.62 bits per heavy atom. The van der Waals surface area contributed by atoms with Crippen LogP contribution in [0.1, 0.15) is 91.9 Å². The van der Waals surface area contributed by atoms with Gasteiger partial charge in [-0.15, -0.1) is 0 Å². The molecule has 0 heterocycles. The van der Waals surface area contributed by atoms with Crippen LogP contribution < -0.4 is 5.32 Å². The van der Waals surface area contributed by atoms with Crippen LogP contribution in [-0.2, 0) is 0 Å². The summed E-state index contributed by atoms with van der Waals surface area (Å²) in [6, 6.07) is 0. The summed E-state index contributed by atoms with van der Waals surface area (Å²) in [7, 11) is 0. The minimum absolute atomic E-state index is 0.276. The Balaban J connectivity index is 1.89. The smallest absolute Gasteiger partial charge is 0.00966 e. The highest BCUT2D eigenvalue weighted by Gasteiger charge is 2.32. The van der Waals surface area contributed by atoms with Crippen LogP contribution in [-0.4, -0.2) is 12.1 Å². The first-order valence-electron chi connectivity index (χ1n) is 9.73. The van der Waals surface area contributed by atoms with Gasteiger partial charge >= 0.3 is 0 Å². The first-order valence-corrected chi connectivity index (χ1v) is 9.73. The molecule has 3 unspecified atom stereocenters. The maximum absolute atomic E-state index is 3.79. The van der Waals surface area contributed by atoms with Gasteiger partial charge in [-0.1, -0.05) is 51.9 Å². The Hall–Kier alpha value is -0.0400. The third-order valence-electron chi connectivity index (χ3n) is 5.95. The van der Waals surface area contributed by atoms with Crippen molar-refractivity contribution in [3.8, 4) is 0 Å². The van der Waals surface area contributed by atoms with Gasteiger partial charge in [0.15, 0.2) is 0 Å². The molecule has 21 heavy (non-hydrogen) atoms. The molecule has 0 aromatic heterocycles. The van der Waals surface area contributed by atoms with Crippen molar-refractivity contribution in [2.75, 3.05) is 6.54 Å². The van der Waals surface area contributed by atoms with Gasteiger partial charge in [0, 0.05) is 5.54 Å². The second kappa shape index (κ2) is 7.99. The molecule has 2 aliphatic rings. The number of hydrogen-bond acceptors (Lipinski definition) is 1. The van der Waals surface area contributed by atoms with E-state index in [-0.39, 0.29) is 5.54 Å². The van der Waals surface area contributed by atoms with Gasteiger partial charge < -0.3 is 5.32 Å². The second-order valence-corrected chi connectivity index (χ2v) is 9.00. The SMILES string of the molecule is CCCC1CCC(CNC(C)(C)C)C(CC2CCCC2)C1. The Bertz CT molecular complexity index is 285. The molecular formula is C20H39N. The van der Waals surface area contributed by atoms with E-state index in [1.165, 1.54) is 70.8 Å². The zero-order valence-corrected chi connectivity index (χ0v) is 15.1. The summed E-state index contributed by atoms with van der Waals surface area (Å²) in [5, 5.41) is 3.79.